The molecule has 0 aliphatic rings. The minimum atomic E-state index is -0.786. The van der Waals surface area contributed by atoms with Crippen molar-refractivity contribution in [2.75, 3.05) is 5.32 Å². The molecule has 0 aliphatic carbocycles. The molecule has 0 bridgehead atoms. The predicted molar refractivity (Wildman–Crippen MR) is 81.2 cm³/mol. The zero-order valence-electron chi connectivity index (χ0n) is 12.0. The van der Waals surface area contributed by atoms with E-state index in [1.54, 1.807) is 12.4 Å². The Balaban J connectivity index is 2.08. The van der Waals surface area contributed by atoms with E-state index in [0.29, 0.717) is 12.2 Å². The summed E-state index contributed by atoms with van der Waals surface area (Å²) < 4.78 is 0. The van der Waals surface area contributed by atoms with Crippen molar-refractivity contribution in [3.05, 3.63) is 54.0 Å². The topological polar surface area (TPSA) is 75.1 Å². The Morgan fingerprint density at radius 1 is 1.24 bits per heavy atom. The van der Waals surface area contributed by atoms with Gasteiger partial charge >= 0.3 is 5.97 Å². The van der Waals surface area contributed by atoms with Crippen LogP contribution in [0, 0.1) is 6.92 Å². The highest BCUT2D eigenvalue weighted by Gasteiger charge is 2.13. The summed E-state index contributed by atoms with van der Waals surface area (Å²) in [5.74, 6) is -0.0745. The van der Waals surface area contributed by atoms with Crippen molar-refractivity contribution >= 4 is 11.8 Å². The molecule has 0 saturated carbocycles. The Labute approximate surface area is 124 Å². The second kappa shape index (κ2) is 7.38. The van der Waals surface area contributed by atoms with Crippen LogP contribution in [0.15, 0.2) is 42.7 Å². The number of aromatic nitrogens is 2. The van der Waals surface area contributed by atoms with Gasteiger partial charge in [0.2, 0.25) is 0 Å². The van der Waals surface area contributed by atoms with Gasteiger partial charge in [-0.1, -0.05) is 30.3 Å². The number of nitrogens with one attached hydrogen (secondary N) is 1. The zero-order chi connectivity index (χ0) is 15.1. The number of carbonyl (C=O) groups is 1. The minimum Gasteiger partial charge on any atom is -0.481 e. The Bertz CT molecular complexity index is 587. The lowest BCUT2D eigenvalue weighted by molar-refractivity contribution is -0.137. The lowest BCUT2D eigenvalue weighted by atomic mass is 10.0. The molecule has 0 saturated heterocycles. The van der Waals surface area contributed by atoms with Gasteiger partial charge in [0, 0.05) is 24.9 Å². The van der Waals surface area contributed by atoms with Gasteiger partial charge in [-0.3, -0.25) is 9.78 Å². The van der Waals surface area contributed by atoms with Gasteiger partial charge in [-0.15, -0.1) is 0 Å². The van der Waals surface area contributed by atoms with Crippen molar-refractivity contribution in [1.29, 1.82) is 0 Å². The first-order chi connectivity index (χ1) is 10.1. The monoisotopic (exact) mass is 285 g/mol. The van der Waals surface area contributed by atoms with Gasteiger partial charge in [-0.25, -0.2) is 4.98 Å². The molecule has 2 aromatic rings. The highest BCUT2D eigenvalue weighted by atomic mass is 16.4. The van der Waals surface area contributed by atoms with Gasteiger partial charge in [-0.05, 0) is 25.3 Å². The van der Waals surface area contributed by atoms with E-state index in [2.05, 4.69) is 15.3 Å². The third-order valence-electron chi connectivity index (χ3n) is 3.25. The van der Waals surface area contributed by atoms with E-state index >= 15 is 0 Å². The van der Waals surface area contributed by atoms with E-state index in [9.17, 15) is 4.79 Å². The normalized spacial score (nSPS) is 11.9. The molecule has 0 amide bonds. The maximum absolute atomic E-state index is 10.8. The van der Waals surface area contributed by atoms with Crippen LogP contribution in [0.25, 0.3) is 0 Å². The molecule has 2 rings (SSSR count). The molecular formula is C16H19N3O2. The summed E-state index contributed by atoms with van der Waals surface area (Å²) in [6.45, 7) is 1.88. The number of benzene rings is 1. The fraction of sp³-hybridized carbons (Fsp3) is 0.312. The van der Waals surface area contributed by atoms with Crippen LogP contribution in [-0.4, -0.2) is 27.1 Å². The molecule has 2 N–H and O–H groups in total. The van der Waals surface area contributed by atoms with Crippen molar-refractivity contribution < 1.29 is 9.90 Å². The lowest BCUT2D eigenvalue weighted by Gasteiger charge is -2.19. The van der Waals surface area contributed by atoms with Crippen LogP contribution in [0.5, 0.6) is 0 Å². The van der Waals surface area contributed by atoms with Crippen LogP contribution in [-0.2, 0) is 11.2 Å². The standard InChI is InChI=1S/C16H19N3O2/c1-12-16(18-10-9-17-12)19-14(7-8-15(20)21)11-13-5-3-2-4-6-13/h2-6,9-10,14H,7-8,11H2,1H3,(H,18,19)(H,20,21). The highest BCUT2D eigenvalue weighted by Crippen LogP contribution is 2.15. The van der Waals surface area contributed by atoms with Crippen LogP contribution in [0.3, 0.4) is 0 Å². The summed E-state index contributed by atoms with van der Waals surface area (Å²) in [5, 5.41) is 12.2. The number of carboxylic acids is 1. The molecule has 1 aromatic heterocycles. The van der Waals surface area contributed by atoms with E-state index in [-0.39, 0.29) is 12.5 Å². The Kier molecular flexibility index (Phi) is 5.26. The average Bonchev–Trinajstić information content (AvgIpc) is 2.48. The maximum atomic E-state index is 10.8. The van der Waals surface area contributed by atoms with Crippen LogP contribution in [0.1, 0.15) is 24.1 Å². The Morgan fingerprint density at radius 2 is 1.95 bits per heavy atom. The molecule has 5 heteroatoms. The highest BCUT2D eigenvalue weighted by molar-refractivity contribution is 5.66. The van der Waals surface area contributed by atoms with Crippen LogP contribution >= 0.6 is 0 Å². The van der Waals surface area contributed by atoms with Crippen LogP contribution < -0.4 is 5.32 Å². The van der Waals surface area contributed by atoms with Gasteiger partial charge in [-0.2, -0.15) is 0 Å². The molecule has 110 valence electrons. The Hall–Kier alpha value is -2.43. The van der Waals surface area contributed by atoms with Gasteiger partial charge in [0.05, 0.1) is 5.69 Å². The largest absolute Gasteiger partial charge is 0.481 e. The number of hydrogen-bond donors (Lipinski definition) is 2. The molecule has 1 heterocycles. The third kappa shape index (κ3) is 4.87. The van der Waals surface area contributed by atoms with E-state index in [1.807, 2.05) is 37.3 Å². The predicted octanol–water partition coefficient (Wildman–Crippen LogP) is 2.67. The summed E-state index contributed by atoms with van der Waals surface area (Å²) in [6, 6.07) is 10.0. The van der Waals surface area contributed by atoms with Crippen LogP contribution in [0.2, 0.25) is 0 Å². The van der Waals surface area contributed by atoms with Crippen molar-refractivity contribution in [3.8, 4) is 0 Å². The fourth-order valence-corrected chi connectivity index (χ4v) is 2.16. The van der Waals surface area contributed by atoms with E-state index < -0.39 is 5.97 Å². The molecule has 21 heavy (non-hydrogen) atoms. The SMILES string of the molecule is Cc1nccnc1NC(CCC(=O)O)Cc1ccccc1. The second-order valence-electron chi connectivity index (χ2n) is 4.95. The molecule has 1 unspecified atom stereocenters. The first-order valence-electron chi connectivity index (χ1n) is 6.95. The fourth-order valence-electron chi connectivity index (χ4n) is 2.16. The number of anilines is 1. The number of aryl methyl sites for hydroxylation is 1. The summed E-state index contributed by atoms with van der Waals surface area (Å²) >= 11 is 0. The number of hydrogen-bond acceptors (Lipinski definition) is 4. The maximum Gasteiger partial charge on any atom is 0.303 e. The molecule has 5 nitrogen and oxygen atoms in total. The zero-order valence-corrected chi connectivity index (χ0v) is 12.0. The van der Waals surface area contributed by atoms with Gasteiger partial charge in [0.15, 0.2) is 0 Å². The van der Waals surface area contributed by atoms with Crippen molar-refractivity contribution in [2.45, 2.75) is 32.2 Å². The Morgan fingerprint density at radius 3 is 2.62 bits per heavy atom. The number of aliphatic carboxylic acids is 1. The molecule has 0 aliphatic heterocycles. The second-order valence-corrected chi connectivity index (χ2v) is 4.95. The van der Waals surface area contributed by atoms with Crippen molar-refractivity contribution in [2.24, 2.45) is 0 Å². The average molecular weight is 285 g/mol. The number of nitrogens with zero attached hydrogens (tertiary/aromatic N) is 2. The first kappa shape index (κ1) is 15.0. The van der Waals surface area contributed by atoms with Gasteiger partial charge in [0.25, 0.3) is 0 Å². The summed E-state index contributed by atoms with van der Waals surface area (Å²) in [4.78, 5) is 19.3. The van der Waals surface area contributed by atoms with Gasteiger partial charge in [0.1, 0.15) is 5.82 Å². The van der Waals surface area contributed by atoms with Crippen LogP contribution in [0.4, 0.5) is 5.82 Å². The smallest absolute Gasteiger partial charge is 0.303 e. The summed E-state index contributed by atoms with van der Waals surface area (Å²) in [6.07, 6.45) is 4.70. The molecule has 0 fully saturated rings. The number of rotatable bonds is 7. The molecule has 1 atom stereocenters. The third-order valence-corrected chi connectivity index (χ3v) is 3.25. The van der Waals surface area contributed by atoms with Gasteiger partial charge < -0.3 is 10.4 Å². The van der Waals surface area contributed by atoms with E-state index in [0.717, 1.165) is 12.1 Å². The summed E-state index contributed by atoms with van der Waals surface area (Å²) in [7, 11) is 0. The molecule has 0 spiro atoms. The minimum absolute atomic E-state index is 0.0129. The molecular weight excluding hydrogens is 266 g/mol. The first-order valence-corrected chi connectivity index (χ1v) is 6.95. The molecule has 1 aromatic carbocycles. The van der Waals surface area contributed by atoms with E-state index in [1.165, 1.54) is 5.56 Å². The van der Waals surface area contributed by atoms with Crippen molar-refractivity contribution in [1.82, 2.24) is 9.97 Å². The summed E-state index contributed by atoms with van der Waals surface area (Å²) in [5.41, 5.74) is 1.98. The van der Waals surface area contributed by atoms with E-state index in [4.69, 9.17) is 5.11 Å². The lowest BCUT2D eigenvalue weighted by Crippen LogP contribution is -2.24. The molecule has 0 radical (unpaired) electrons. The number of carboxylic acid groups (broad SMARTS) is 1. The van der Waals surface area contributed by atoms with Crippen molar-refractivity contribution in [3.63, 3.8) is 0 Å². The quantitative estimate of drug-likeness (QED) is 0.818.